The van der Waals surface area contributed by atoms with Gasteiger partial charge in [-0.3, -0.25) is 14.9 Å². The summed E-state index contributed by atoms with van der Waals surface area (Å²) in [5.41, 5.74) is 3.31. The van der Waals surface area contributed by atoms with Crippen LogP contribution in [0.15, 0.2) is 36.4 Å². The fourth-order valence-electron chi connectivity index (χ4n) is 5.16. The molecule has 4 rings (SSSR count). The van der Waals surface area contributed by atoms with Crippen LogP contribution in [0.3, 0.4) is 0 Å². The number of amides is 2. The number of rotatable bonds is 9. The van der Waals surface area contributed by atoms with Crippen LogP contribution in [-0.4, -0.2) is 43.0 Å². The fraction of sp³-hybridized carbons (Fsp3) is 0.517. The molecule has 2 saturated heterocycles. The van der Waals surface area contributed by atoms with Crippen molar-refractivity contribution >= 4 is 28.2 Å². The third kappa shape index (κ3) is 5.69. The van der Waals surface area contributed by atoms with Crippen LogP contribution in [0.4, 0.5) is 0 Å². The van der Waals surface area contributed by atoms with Gasteiger partial charge in [-0.05, 0) is 91.2 Å². The van der Waals surface area contributed by atoms with Gasteiger partial charge in [0.2, 0.25) is 11.8 Å². The number of aryl methyl sites for hydroxylation is 1. The van der Waals surface area contributed by atoms with Crippen molar-refractivity contribution in [3.8, 4) is 5.75 Å². The van der Waals surface area contributed by atoms with Crippen LogP contribution < -0.4 is 10.1 Å². The molecule has 0 saturated carbocycles. The van der Waals surface area contributed by atoms with Gasteiger partial charge in [-0.15, -0.1) is 0 Å². The van der Waals surface area contributed by atoms with Gasteiger partial charge in [-0.2, -0.15) is 0 Å². The zero-order valence-electron chi connectivity index (χ0n) is 20.9. The second-order valence-electron chi connectivity index (χ2n) is 9.90. The summed E-state index contributed by atoms with van der Waals surface area (Å²) < 4.78 is 6.09. The van der Waals surface area contributed by atoms with Gasteiger partial charge in [0.25, 0.3) is 0 Å². The van der Waals surface area contributed by atoms with E-state index in [2.05, 4.69) is 61.3 Å². The van der Waals surface area contributed by atoms with Crippen LogP contribution >= 0.6 is 0 Å². The van der Waals surface area contributed by atoms with E-state index in [-0.39, 0.29) is 17.7 Å². The lowest BCUT2D eigenvalue weighted by molar-refractivity contribution is -0.134. The molecule has 2 aliphatic heterocycles. The van der Waals surface area contributed by atoms with E-state index in [1.807, 2.05) is 6.07 Å². The molecule has 2 aliphatic rings. The molecule has 0 radical (unpaired) electrons. The molecule has 5 heteroatoms. The smallest absolute Gasteiger partial charge is 0.234 e. The molecule has 182 valence electrons. The number of hydrogen-bond donors (Lipinski definition) is 1. The Hall–Kier alpha value is -2.66. The first-order chi connectivity index (χ1) is 16.5. The Morgan fingerprint density at radius 2 is 2.00 bits per heavy atom. The maximum absolute atomic E-state index is 12.8. The summed E-state index contributed by atoms with van der Waals surface area (Å²) in [4.78, 5) is 27.1. The Kier molecular flexibility index (Phi) is 8.04. The third-order valence-electron chi connectivity index (χ3n) is 7.30. The quantitative estimate of drug-likeness (QED) is 0.395. The molecular weight excluding hydrogens is 424 g/mol. The standard InChI is InChI=1S/C29H38N2O3/c1-4-20(2)18-26(25-12-13-27(32)30-29(25)33)28-21(3)8-9-22-19-23(10-11-24(22)28)34-17-7-16-31-14-5-6-15-31/h8-11,18-20,25H,4-7,12-17H2,1-3H3,(H,30,32,33)/b26-18-. The first kappa shape index (κ1) is 24.5. The maximum atomic E-state index is 12.8. The predicted molar refractivity (Wildman–Crippen MR) is 138 cm³/mol. The number of imide groups is 1. The minimum absolute atomic E-state index is 0.176. The van der Waals surface area contributed by atoms with Crippen molar-refractivity contribution < 1.29 is 14.3 Å². The van der Waals surface area contributed by atoms with Crippen molar-refractivity contribution in [1.82, 2.24) is 10.2 Å². The number of nitrogens with one attached hydrogen (secondary N) is 1. The van der Waals surface area contributed by atoms with Crippen molar-refractivity contribution in [2.24, 2.45) is 11.8 Å². The van der Waals surface area contributed by atoms with Crippen molar-refractivity contribution in [3.63, 3.8) is 0 Å². The molecule has 2 aromatic rings. The SMILES string of the molecule is CCC(C)/C=C(\c1c(C)ccc2cc(OCCCN3CCCC3)ccc12)C1CCC(=O)NC1=O. The second kappa shape index (κ2) is 11.2. The van der Waals surface area contributed by atoms with E-state index in [0.717, 1.165) is 59.2 Å². The highest BCUT2D eigenvalue weighted by molar-refractivity contribution is 6.07. The summed E-state index contributed by atoms with van der Waals surface area (Å²) in [5, 5.41) is 4.79. The molecule has 2 heterocycles. The lowest BCUT2D eigenvalue weighted by Crippen LogP contribution is -2.41. The van der Waals surface area contributed by atoms with Crippen molar-refractivity contribution in [3.05, 3.63) is 47.5 Å². The third-order valence-corrected chi connectivity index (χ3v) is 7.30. The highest BCUT2D eigenvalue weighted by Gasteiger charge is 2.31. The molecule has 2 atom stereocenters. The summed E-state index contributed by atoms with van der Waals surface area (Å²) >= 11 is 0. The van der Waals surface area contributed by atoms with Crippen molar-refractivity contribution in [2.75, 3.05) is 26.2 Å². The number of carbonyl (C=O) groups excluding carboxylic acids is 2. The van der Waals surface area contributed by atoms with Gasteiger partial charge in [0.1, 0.15) is 5.75 Å². The topological polar surface area (TPSA) is 58.6 Å². The Morgan fingerprint density at radius 1 is 1.21 bits per heavy atom. The normalized spacial score (nSPS) is 20.6. The second-order valence-corrected chi connectivity index (χ2v) is 9.90. The van der Waals surface area contributed by atoms with Gasteiger partial charge in [0, 0.05) is 13.0 Å². The number of piperidine rings is 1. The van der Waals surface area contributed by atoms with Crippen molar-refractivity contribution in [1.29, 1.82) is 0 Å². The maximum Gasteiger partial charge on any atom is 0.234 e. The molecule has 0 aromatic heterocycles. The Labute approximate surface area is 203 Å². The molecule has 5 nitrogen and oxygen atoms in total. The van der Waals surface area contributed by atoms with Gasteiger partial charge in [-0.25, -0.2) is 0 Å². The number of ether oxygens (including phenoxy) is 1. The summed E-state index contributed by atoms with van der Waals surface area (Å²) in [6.45, 7) is 10.7. The number of allylic oxidation sites excluding steroid dienone is 1. The Morgan fingerprint density at radius 3 is 2.74 bits per heavy atom. The van der Waals surface area contributed by atoms with E-state index in [1.165, 1.54) is 25.9 Å². The van der Waals surface area contributed by atoms with Crippen LogP contribution in [0.2, 0.25) is 0 Å². The van der Waals surface area contributed by atoms with E-state index in [1.54, 1.807) is 0 Å². The summed E-state index contributed by atoms with van der Waals surface area (Å²) in [7, 11) is 0. The monoisotopic (exact) mass is 462 g/mol. The van der Waals surface area contributed by atoms with Gasteiger partial charge in [0.15, 0.2) is 0 Å². The Bertz CT molecular complexity index is 1070. The summed E-state index contributed by atoms with van der Waals surface area (Å²) in [6.07, 6.45) is 7.85. The van der Waals surface area contributed by atoms with Crippen LogP contribution in [0.25, 0.3) is 16.3 Å². The van der Waals surface area contributed by atoms with E-state index < -0.39 is 0 Å². The molecule has 2 fully saturated rings. The number of carbonyl (C=O) groups is 2. The van der Waals surface area contributed by atoms with Gasteiger partial charge in [-0.1, -0.05) is 44.5 Å². The van der Waals surface area contributed by atoms with Gasteiger partial charge >= 0.3 is 0 Å². The molecule has 0 bridgehead atoms. The average Bonchev–Trinajstić information content (AvgIpc) is 3.34. The number of fused-ring (bicyclic) bond motifs is 1. The highest BCUT2D eigenvalue weighted by atomic mass is 16.5. The zero-order chi connectivity index (χ0) is 24.1. The largest absolute Gasteiger partial charge is 0.494 e. The average molecular weight is 463 g/mol. The molecule has 34 heavy (non-hydrogen) atoms. The minimum Gasteiger partial charge on any atom is -0.494 e. The van der Waals surface area contributed by atoms with Crippen LogP contribution in [-0.2, 0) is 9.59 Å². The van der Waals surface area contributed by atoms with E-state index in [9.17, 15) is 9.59 Å². The lowest BCUT2D eigenvalue weighted by atomic mass is 9.80. The minimum atomic E-state index is -0.308. The molecule has 2 unspecified atom stereocenters. The molecule has 1 N–H and O–H groups in total. The van der Waals surface area contributed by atoms with Crippen LogP contribution in [0, 0.1) is 18.8 Å². The van der Waals surface area contributed by atoms with E-state index in [4.69, 9.17) is 4.74 Å². The number of nitrogens with zero attached hydrogens (tertiary/aromatic N) is 1. The molecular formula is C29H38N2O3. The number of benzene rings is 2. The summed E-state index contributed by atoms with van der Waals surface area (Å²) in [5.74, 6) is 0.563. The van der Waals surface area contributed by atoms with Gasteiger partial charge < -0.3 is 9.64 Å². The Balaban J connectivity index is 1.60. The van der Waals surface area contributed by atoms with E-state index >= 15 is 0 Å². The molecule has 2 amide bonds. The molecule has 0 aliphatic carbocycles. The van der Waals surface area contributed by atoms with Crippen LogP contribution in [0.1, 0.15) is 63.5 Å². The van der Waals surface area contributed by atoms with Crippen molar-refractivity contribution in [2.45, 2.75) is 59.3 Å². The first-order valence-electron chi connectivity index (χ1n) is 12.9. The predicted octanol–water partition coefficient (Wildman–Crippen LogP) is 5.50. The number of hydrogen-bond acceptors (Lipinski definition) is 4. The van der Waals surface area contributed by atoms with Crippen LogP contribution in [0.5, 0.6) is 5.75 Å². The molecule has 0 spiro atoms. The fourth-order valence-corrected chi connectivity index (χ4v) is 5.16. The first-order valence-corrected chi connectivity index (χ1v) is 12.9. The summed E-state index contributed by atoms with van der Waals surface area (Å²) in [6, 6.07) is 10.6. The van der Waals surface area contributed by atoms with E-state index in [0.29, 0.717) is 18.8 Å². The zero-order valence-corrected chi connectivity index (χ0v) is 20.9. The molecule has 2 aromatic carbocycles. The highest BCUT2D eigenvalue weighted by Crippen LogP contribution is 2.38. The number of likely N-dealkylation sites (tertiary alicyclic amines) is 1. The van der Waals surface area contributed by atoms with Gasteiger partial charge in [0.05, 0.1) is 12.5 Å². The lowest BCUT2D eigenvalue weighted by Gasteiger charge is -2.27.